The van der Waals surface area contributed by atoms with Gasteiger partial charge in [-0.15, -0.1) is 0 Å². The molecule has 0 radical (unpaired) electrons. The first-order valence-electron chi connectivity index (χ1n) is 3.39. The maximum atomic E-state index is 8.57. The van der Waals surface area contributed by atoms with Gasteiger partial charge in [-0.1, -0.05) is 12.1 Å². The highest BCUT2D eigenvalue weighted by atomic mass is 32.1. The van der Waals surface area contributed by atoms with Crippen molar-refractivity contribution in [2.45, 2.75) is 6.54 Å². The highest BCUT2D eigenvalue weighted by molar-refractivity contribution is 7.78. The number of nitriles is 1. The van der Waals surface area contributed by atoms with Crippen molar-refractivity contribution in [2.24, 2.45) is 4.99 Å². The Morgan fingerprint density at radius 1 is 1.50 bits per heavy atom. The zero-order valence-electron chi connectivity index (χ0n) is 6.32. The predicted molar refractivity (Wildman–Crippen MR) is 49.9 cm³/mol. The summed E-state index contributed by atoms with van der Waals surface area (Å²) in [5, 5.41) is 10.8. The SMILES string of the molecule is N#Cc1cccc(CN=C=S)c1. The van der Waals surface area contributed by atoms with Gasteiger partial charge < -0.3 is 0 Å². The summed E-state index contributed by atoms with van der Waals surface area (Å²) >= 11 is 4.43. The summed E-state index contributed by atoms with van der Waals surface area (Å²) in [4.78, 5) is 3.77. The van der Waals surface area contributed by atoms with Crippen LogP contribution in [0.5, 0.6) is 0 Å². The van der Waals surface area contributed by atoms with Crippen LogP contribution in [-0.4, -0.2) is 5.16 Å². The van der Waals surface area contributed by atoms with E-state index in [0.717, 1.165) is 5.56 Å². The van der Waals surface area contributed by atoms with Crippen molar-refractivity contribution < 1.29 is 0 Å². The monoisotopic (exact) mass is 174 g/mol. The predicted octanol–water partition coefficient (Wildman–Crippen LogP) is 2.16. The van der Waals surface area contributed by atoms with E-state index in [1.54, 1.807) is 12.1 Å². The molecular formula is C9H6N2S. The Morgan fingerprint density at radius 2 is 2.33 bits per heavy atom. The molecule has 0 aliphatic rings. The number of aliphatic imine (C=N–C) groups is 1. The highest BCUT2D eigenvalue weighted by Crippen LogP contribution is 2.04. The fourth-order valence-corrected chi connectivity index (χ4v) is 0.927. The van der Waals surface area contributed by atoms with Gasteiger partial charge in [0.15, 0.2) is 0 Å². The van der Waals surface area contributed by atoms with Gasteiger partial charge in [0.1, 0.15) is 0 Å². The normalized spacial score (nSPS) is 8.25. The third kappa shape index (κ3) is 2.28. The largest absolute Gasteiger partial charge is 0.228 e. The second kappa shape index (κ2) is 4.40. The van der Waals surface area contributed by atoms with Gasteiger partial charge in [-0.05, 0) is 29.9 Å². The minimum atomic E-state index is 0.499. The Kier molecular flexibility index (Phi) is 3.16. The number of thiocarbonyl (C=S) groups is 1. The summed E-state index contributed by atoms with van der Waals surface area (Å²) in [6, 6.07) is 9.32. The Bertz CT molecular complexity index is 359. The van der Waals surface area contributed by atoms with Crippen molar-refractivity contribution in [3.8, 4) is 6.07 Å². The maximum Gasteiger partial charge on any atom is 0.0991 e. The molecule has 12 heavy (non-hydrogen) atoms. The van der Waals surface area contributed by atoms with Crippen LogP contribution in [0.4, 0.5) is 0 Å². The van der Waals surface area contributed by atoms with Crippen molar-refractivity contribution in [3.63, 3.8) is 0 Å². The van der Waals surface area contributed by atoms with Gasteiger partial charge in [-0.3, -0.25) is 0 Å². The first-order valence-corrected chi connectivity index (χ1v) is 3.80. The molecule has 0 aliphatic heterocycles. The molecule has 0 heterocycles. The van der Waals surface area contributed by atoms with E-state index < -0.39 is 0 Å². The average molecular weight is 174 g/mol. The Labute approximate surface area is 76.2 Å². The fraction of sp³-hybridized carbons (Fsp3) is 0.111. The Balaban J connectivity index is 2.88. The van der Waals surface area contributed by atoms with Crippen LogP contribution in [0, 0.1) is 11.3 Å². The molecule has 2 nitrogen and oxygen atoms in total. The molecule has 0 aromatic heterocycles. The zero-order chi connectivity index (χ0) is 8.81. The summed E-state index contributed by atoms with van der Waals surface area (Å²) in [7, 11) is 0. The molecule has 58 valence electrons. The molecule has 3 heteroatoms. The minimum absolute atomic E-state index is 0.499. The van der Waals surface area contributed by atoms with Crippen LogP contribution in [-0.2, 0) is 6.54 Å². The van der Waals surface area contributed by atoms with Crippen molar-refractivity contribution in [1.29, 1.82) is 5.26 Å². The first-order chi connectivity index (χ1) is 5.86. The molecular weight excluding hydrogens is 168 g/mol. The molecule has 1 aromatic carbocycles. The zero-order valence-corrected chi connectivity index (χ0v) is 7.14. The summed E-state index contributed by atoms with van der Waals surface area (Å²) < 4.78 is 0. The van der Waals surface area contributed by atoms with Gasteiger partial charge >= 0.3 is 0 Å². The van der Waals surface area contributed by atoms with Crippen LogP contribution in [0.1, 0.15) is 11.1 Å². The molecule has 0 aliphatic carbocycles. The van der Waals surface area contributed by atoms with Gasteiger partial charge in [0.2, 0.25) is 0 Å². The quantitative estimate of drug-likeness (QED) is 0.509. The molecule has 0 atom stereocenters. The number of nitrogens with zero attached hydrogens (tertiary/aromatic N) is 2. The van der Waals surface area contributed by atoms with Crippen LogP contribution in [0.3, 0.4) is 0 Å². The summed E-state index contributed by atoms with van der Waals surface area (Å²) in [6.45, 7) is 0.499. The van der Waals surface area contributed by atoms with Crippen molar-refractivity contribution >= 4 is 17.4 Å². The average Bonchev–Trinajstić information content (AvgIpc) is 2.15. The minimum Gasteiger partial charge on any atom is -0.228 e. The smallest absolute Gasteiger partial charge is 0.0991 e. The molecule has 0 spiro atoms. The summed E-state index contributed by atoms with van der Waals surface area (Å²) in [5.74, 6) is 0. The number of isothiocyanates is 1. The van der Waals surface area contributed by atoms with Gasteiger partial charge in [0.05, 0.1) is 23.3 Å². The van der Waals surface area contributed by atoms with Crippen LogP contribution in [0.15, 0.2) is 29.3 Å². The second-order valence-corrected chi connectivity index (χ2v) is 2.40. The van der Waals surface area contributed by atoms with Crippen molar-refractivity contribution in [1.82, 2.24) is 0 Å². The third-order valence-electron chi connectivity index (χ3n) is 1.38. The molecule has 0 bridgehead atoms. The number of rotatable bonds is 2. The molecule has 0 fully saturated rings. The Hall–Kier alpha value is -1.49. The van der Waals surface area contributed by atoms with E-state index in [9.17, 15) is 0 Å². The van der Waals surface area contributed by atoms with Crippen LogP contribution >= 0.6 is 12.2 Å². The highest BCUT2D eigenvalue weighted by Gasteiger charge is 1.92. The van der Waals surface area contributed by atoms with Gasteiger partial charge in [-0.2, -0.15) is 5.26 Å². The lowest BCUT2D eigenvalue weighted by molar-refractivity contribution is 1.08. The summed E-state index contributed by atoms with van der Waals surface area (Å²) in [6.07, 6.45) is 0. The molecule has 1 rings (SSSR count). The third-order valence-corrected chi connectivity index (χ3v) is 1.51. The molecule has 0 saturated carbocycles. The summed E-state index contributed by atoms with van der Waals surface area (Å²) in [5.41, 5.74) is 1.62. The van der Waals surface area contributed by atoms with E-state index in [2.05, 4.69) is 28.4 Å². The second-order valence-electron chi connectivity index (χ2n) is 2.22. The standard InChI is InChI=1S/C9H6N2S/c10-5-8-2-1-3-9(4-8)6-11-7-12/h1-4H,6H2. The molecule has 0 amide bonds. The van der Waals surface area contributed by atoms with Crippen LogP contribution in [0.2, 0.25) is 0 Å². The number of hydrogen-bond acceptors (Lipinski definition) is 3. The van der Waals surface area contributed by atoms with E-state index in [4.69, 9.17) is 5.26 Å². The molecule has 0 N–H and O–H groups in total. The van der Waals surface area contributed by atoms with E-state index in [0.29, 0.717) is 12.1 Å². The van der Waals surface area contributed by atoms with Gasteiger partial charge in [0, 0.05) is 0 Å². The lowest BCUT2D eigenvalue weighted by Gasteiger charge is -1.93. The molecule has 1 aromatic rings. The lowest BCUT2D eigenvalue weighted by atomic mass is 10.1. The van der Waals surface area contributed by atoms with Crippen LogP contribution < -0.4 is 0 Å². The van der Waals surface area contributed by atoms with E-state index in [1.807, 2.05) is 12.1 Å². The van der Waals surface area contributed by atoms with E-state index in [1.165, 1.54) is 0 Å². The van der Waals surface area contributed by atoms with Crippen LogP contribution in [0.25, 0.3) is 0 Å². The molecule has 0 saturated heterocycles. The van der Waals surface area contributed by atoms with E-state index >= 15 is 0 Å². The number of benzene rings is 1. The first kappa shape index (κ1) is 8.61. The van der Waals surface area contributed by atoms with Gasteiger partial charge in [0.25, 0.3) is 0 Å². The van der Waals surface area contributed by atoms with Crippen molar-refractivity contribution in [3.05, 3.63) is 35.4 Å². The lowest BCUT2D eigenvalue weighted by Crippen LogP contribution is -1.81. The van der Waals surface area contributed by atoms with Crippen molar-refractivity contribution in [2.75, 3.05) is 0 Å². The van der Waals surface area contributed by atoms with Gasteiger partial charge in [-0.25, -0.2) is 4.99 Å². The Morgan fingerprint density at radius 3 is 3.00 bits per heavy atom. The maximum absolute atomic E-state index is 8.57. The number of hydrogen-bond donors (Lipinski definition) is 0. The topological polar surface area (TPSA) is 36.1 Å². The molecule has 0 unspecified atom stereocenters. The fourth-order valence-electron chi connectivity index (χ4n) is 0.863. The van der Waals surface area contributed by atoms with E-state index in [-0.39, 0.29) is 0 Å².